The first kappa shape index (κ1) is 13.7. The van der Waals surface area contributed by atoms with E-state index >= 15 is 0 Å². The molecule has 2 heterocycles. The van der Waals surface area contributed by atoms with E-state index in [1.165, 1.54) is 35.9 Å². The van der Waals surface area contributed by atoms with Crippen molar-refractivity contribution in [1.82, 2.24) is 4.90 Å². The first-order valence-electron chi connectivity index (χ1n) is 5.53. The van der Waals surface area contributed by atoms with Crippen molar-refractivity contribution < 1.29 is 29.0 Å². The van der Waals surface area contributed by atoms with Gasteiger partial charge in [0.1, 0.15) is 0 Å². The van der Waals surface area contributed by atoms with Gasteiger partial charge in [0.2, 0.25) is 5.91 Å². The summed E-state index contributed by atoms with van der Waals surface area (Å²) >= 11 is 1.39. The van der Waals surface area contributed by atoms with E-state index in [2.05, 4.69) is 4.74 Å². The van der Waals surface area contributed by atoms with E-state index in [9.17, 15) is 14.4 Å². The molecular weight excluding hydrogens is 274 g/mol. The average Bonchev–Trinajstić information content (AvgIpc) is 2.54. The Labute approximate surface area is 113 Å². The van der Waals surface area contributed by atoms with E-state index in [0.29, 0.717) is 6.42 Å². The van der Waals surface area contributed by atoms with Gasteiger partial charge in [0.15, 0.2) is 6.23 Å². The average molecular weight is 287 g/mol. The van der Waals surface area contributed by atoms with Crippen LogP contribution < -0.4 is 0 Å². The molecule has 0 spiro atoms. The highest BCUT2D eigenvalue weighted by atomic mass is 32.2. The number of thioether (sulfide) groups is 1. The number of methoxy groups -OCH3 is 1. The minimum atomic E-state index is -1.45. The van der Waals surface area contributed by atoms with Gasteiger partial charge in [0.05, 0.1) is 23.7 Å². The Balaban J connectivity index is 2.21. The fourth-order valence-electron chi connectivity index (χ4n) is 2.10. The molecular formula is C11H13NO6S. The Morgan fingerprint density at radius 3 is 2.79 bits per heavy atom. The lowest BCUT2D eigenvalue weighted by Crippen LogP contribution is -2.55. The lowest BCUT2D eigenvalue weighted by atomic mass is 10.0. The molecule has 0 bridgehead atoms. The molecule has 3 atom stereocenters. The molecule has 0 aliphatic carbocycles. The Morgan fingerprint density at radius 2 is 2.26 bits per heavy atom. The highest BCUT2D eigenvalue weighted by Crippen LogP contribution is 2.51. The van der Waals surface area contributed by atoms with E-state index in [4.69, 9.17) is 9.84 Å². The fraction of sp³-hybridized carbons (Fsp3) is 0.545. The molecule has 2 rings (SSSR count). The third kappa shape index (κ3) is 2.40. The van der Waals surface area contributed by atoms with Crippen molar-refractivity contribution in [3.8, 4) is 0 Å². The molecule has 0 aromatic rings. The molecule has 2 aliphatic rings. The maximum atomic E-state index is 11.5. The summed E-state index contributed by atoms with van der Waals surface area (Å²) in [5, 5.41) is 8.65. The molecule has 2 aliphatic heterocycles. The fourth-order valence-corrected chi connectivity index (χ4v) is 3.68. The smallest absolute Gasteiger partial charge is 0.466 e. The van der Waals surface area contributed by atoms with Gasteiger partial charge < -0.3 is 14.6 Å². The number of β-lactam (4-membered cyclic amide) rings is 1. The molecule has 7 nitrogen and oxygen atoms in total. The van der Waals surface area contributed by atoms with E-state index in [1.54, 1.807) is 6.92 Å². The molecule has 2 fully saturated rings. The van der Waals surface area contributed by atoms with Crippen molar-refractivity contribution in [1.29, 1.82) is 0 Å². The number of carbonyl (C=O) groups is 3. The first-order valence-corrected chi connectivity index (χ1v) is 6.41. The third-order valence-electron chi connectivity index (χ3n) is 3.04. The number of carboxylic acid groups (broad SMARTS) is 1. The van der Waals surface area contributed by atoms with Crippen LogP contribution >= 0.6 is 11.8 Å². The minimum absolute atomic E-state index is 0.107. The largest absolute Gasteiger partial charge is 0.507 e. The standard InChI is InChI=1S/C11H13NO6S/c1-11(4-3-8(14)17-2)9(18-10(15)16)12-6(13)5-7(12)19-11/h3-4,7,9H,5H2,1-2H3,(H,15,16)/b4-3+/t7-,9+,11+/m1/s1. The summed E-state index contributed by atoms with van der Waals surface area (Å²) in [6.07, 6.45) is 0.696. The molecule has 1 amide bonds. The molecule has 0 saturated carbocycles. The zero-order chi connectivity index (χ0) is 14.2. The number of esters is 1. The van der Waals surface area contributed by atoms with E-state index in [1.807, 2.05) is 0 Å². The van der Waals surface area contributed by atoms with Gasteiger partial charge in [0, 0.05) is 6.08 Å². The van der Waals surface area contributed by atoms with E-state index < -0.39 is 23.1 Å². The predicted molar refractivity (Wildman–Crippen MR) is 65.3 cm³/mol. The van der Waals surface area contributed by atoms with Crippen LogP contribution in [0.25, 0.3) is 0 Å². The number of carbonyl (C=O) groups excluding carboxylic acids is 2. The normalized spacial score (nSPS) is 32.9. The number of hydrogen-bond donors (Lipinski definition) is 1. The van der Waals surface area contributed by atoms with Gasteiger partial charge in [-0.05, 0) is 6.92 Å². The molecule has 8 heteroatoms. The highest BCUT2D eigenvalue weighted by molar-refractivity contribution is 8.01. The summed E-state index contributed by atoms with van der Waals surface area (Å²) in [6, 6.07) is 0. The summed E-state index contributed by atoms with van der Waals surface area (Å²) in [5.74, 6) is -0.699. The molecule has 2 saturated heterocycles. The van der Waals surface area contributed by atoms with Crippen LogP contribution in [-0.2, 0) is 19.1 Å². The third-order valence-corrected chi connectivity index (χ3v) is 4.56. The second-order valence-electron chi connectivity index (χ2n) is 4.35. The first-order chi connectivity index (χ1) is 8.87. The molecule has 0 aromatic carbocycles. The molecule has 0 unspecified atom stereocenters. The van der Waals surface area contributed by atoms with Gasteiger partial charge in [-0.25, -0.2) is 9.59 Å². The number of nitrogens with zero attached hydrogens (tertiary/aromatic N) is 1. The number of rotatable bonds is 3. The van der Waals surface area contributed by atoms with Crippen molar-refractivity contribution in [3.05, 3.63) is 12.2 Å². The van der Waals surface area contributed by atoms with Gasteiger partial charge in [-0.15, -0.1) is 11.8 Å². The van der Waals surface area contributed by atoms with Gasteiger partial charge in [0.25, 0.3) is 0 Å². The highest BCUT2D eigenvalue weighted by Gasteiger charge is 2.58. The number of hydrogen-bond acceptors (Lipinski definition) is 6. The zero-order valence-corrected chi connectivity index (χ0v) is 11.2. The van der Waals surface area contributed by atoms with Crippen LogP contribution in [0, 0.1) is 0 Å². The molecule has 0 radical (unpaired) electrons. The van der Waals surface area contributed by atoms with Crippen LogP contribution in [0.2, 0.25) is 0 Å². The monoisotopic (exact) mass is 287 g/mol. The van der Waals surface area contributed by atoms with Crippen LogP contribution in [0.1, 0.15) is 13.3 Å². The lowest BCUT2D eigenvalue weighted by molar-refractivity contribution is -0.156. The Hall–Kier alpha value is -1.70. The molecule has 0 aromatic heterocycles. The van der Waals surface area contributed by atoms with Gasteiger partial charge in [-0.3, -0.25) is 9.69 Å². The van der Waals surface area contributed by atoms with Crippen LogP contribution in [0.5, 0.6) is 0 Å². The molecule has 1 N–H and O–H groups in total. The van der Waals surface area contributed by atoms with E-state index in [0.717, 1.165) is 0 Å². The van der Waals surface area contributed by atoms with Crippen molar-refractivity contribution in [2.75, 3.05) is 7.11 Å². The summed E-state index contributed by atoms with van der Waals surface area (Å²) in [6.45, 7) is 1.72. The van der Waals surface area contributed by atoms with Crippen molar-refractivity contribution in [2.24, 2.45) is 0 Å². The van der Waals surface area contributed by atoms with Crippen molar-refractivity contribution in [2.45, 2.75) is 29.7 Å². The van der Waals surface area contributed by atoms with Crippen LogP contribution in [0.4, 0.5) is 4.79 Å². The minimum Gasteiger partial charge on any atom is -0.466 e. The summed E-state index contributed by atoms with van der Waals surface area (Å²) in [7, 11) is 1.25. The second-order valence-corrected chi connectivity index (χ2v) is 6.01. The Kier molecular flexibility index (Phi) is 3.44. The van der Waals surface area contributed by atoms with Crippen molar-refractivity contribution in [3.63, 3.8) is 0 Å². The topological polar surface area (TPSA) is 93.1 Å². The summed E-state index contributed by atoms with van der Waals surface area (Å²) in [5.41, 5.74) is 0. The lowest BCUT2D eigenvalue weighted by Gasteiger charge is -2.37. The van der Waals surface area contributed by atoms with Gasteiger partial charge >= 0.3 is 12.1 Å². The zero-order valence-electron chi connectivity index (χ0n) is 10.4. The summed E-state index contributed by atoms with van der Waals surface area (Å²) < 4.78 is 8.48. The van der Waals surface area contributed by atoms with Crippen molar-refractivity contribution >= 4 is 29.8 Å². The second kappa shape index (κ2) is 4.76. The molecule has 104 valence electrons. The summed E-state index contributed by atoms with van der Waals surface area (Å²) in [4.78, 5) is 34.8. The number of fused-ring (bicyclic) bond motifs is 1. The molecule has 19 heavy (non-hydrogen) atoms. The Bertz CT molecular complexity index is 464. The van der Waals surface area contributed by atoms with Crippen LogP contribution in [0.3, 0.4) is 0 Å². The maximum Gasteiger partial charge on any atom is 0.507 e. The van der Waals surface area contributed by atoms with Crippen LogP contribution in [-0.4, -0.2) is 51.5 Å². The van der Waals surface area contributed by atoms with Gasteiger partial charge in [-0.1, -0.05) is 6.08 Å². The van der Waals surface area contributed by atoms with Crippen LogP contribution in [0.15, 0.2) is 12.2 Å². The number of amides is 1. The SMILES string of the molecule is COC(=O)/C=C/[C@]1(C)S[C@@H]2CC(=O)N2[C@H]1OC(=O)O. The Morgan fingerprint density at radius 1 is 1.58 bits per heavy atom. The van der Waals surface area contributed by atoms with Gasteiger partial charge in [-0.2, -0.15) is 0 Å². The predicted octanol–water partition coefficient (Wildman–Crippen LogP) is 0.800. The quantitative estimate of drug-likeness (QED) is 0.466. The maximum absolute atomic E-state index is 11.5. The number of ether oxygens (including phenoxy) is 2. The van der Waals surface area contributed by atoms with E-state index in [-0.39, 0.29) is 11.3 Å².